The van der Waals surface area contributed by atoms with Crippen LogP contribution in [0.3, 0.4) is 0 Å². The zero-order valence-corrected chi connectivity index (χ0v) is 7.87. The van der Waals surface area contributed by atoms with Gasteiger partial charge in [0.25, 0.3) is 10.1 Å². The van der Waals surface area contributed by atoms with Crippen molar-refractivity contribution in [3.63, 3.8) is 0 Å². The van der Waals surface area contributed by atoms with Gasteiger partial charge < -0.3 is 0 Å². The third-order valence-electron chi connectivity index (χ3n) is 1.53. The molecule has 0 bridgehead atoms. The molecule has 0 spiro atoms. The van der Waals surface area contributed by atoms with E-state index in [0.717, 1.165) is 0 Å². The number of hydrogen-bond acceptors (Lipinski definition) is 2. The average Bonchev–Trinajstić information content (AvgIpc) is 2.04. The summed E-state index contributed by atoms with van der Waals surface area (Å²) in [5.74, 6) is -0.200. The molecule has 1 radical (unpaired) electrons. The van der Waals surface area contributed by atoms with Gasteiger partial charge in [-0.2, -0.15) is 8.42 Å². The van der Waals surface area contributed by atoms with E-state index in [9.17, 15) is 8.42 Å². The second-order valence-corrected chi connectivity index (χ2v) is 4.25. The fraction of sp³-hybridized carbons (Fsp3) is 0.375. The van der Waals surface area contributed by atoms with E-state index >= 15 is 0 Å². The van der Waals surface area contributed by atoms with Gasteiger partial charge in [-0.05, 0) is 6.07 Å². The summed E-state index contributed by atoms with van der Waals surface area (Å²) in [7, 11) is -3.82. The molecule has 1 N–H and O–H groups in total. The number of aryl methyl sites for hydroxylation is 1. The van der Waals surface area contributed by atoms with Gasteiger partial charge in [0.15, 0.2) is 12.4 Å². The minimum Gasteiger partial charge on any atom is -0.286 e. The van der Waals surface area contributed by atoms with Crippen molar-refractivity contribution in [3.8, 4) is 0 Å². The van der Waals surface area contributed by atoms with Gasteiger partial charge in [0.05, 0.1) is 11.8 Å². The molecule has 0 aliphatic carbocycles. The van der Waals surface area contributed by atoms with E-state index in [4.69, 9.17) is 4.55 Å². The Balaban J connectivity index is 2.37. The van der Waals surface area contributed by atoms with Crippen molar-refractivity contribution < 1.29 is 17.5 Å². The maximum atomic E-state index is 10.4. The van der Waals surface area contributed by atoms with Gasteiger partial charge >= 0.3 is 0 Å². The summed E-state index contributed by atoms with van der Waals surface area (Å²) in [4.78, 5) is 0. The quantitative estimate of drug-likeness (QED) is 0.553. The number of nitrogens with zero attached hydrogens (tertiary/aromatic N) is 1. The van der Waals surface area contributed by atoms with Crippen LogP contribution < -0.4 is 4.57 Å². The highest BCUT2D eigenvalue weighted by Gasteiger charge is 2.06. The molecule has 71 valence electrons. The summed E-state index contributed by atoms with van der Waals surface area (Å²) in [6.07, 6.45) is 3.95. The summed E-state index contributed by atoms with van der Waals surface area (Å²) in [6.45, 7) is 0.567. The first-order valence-corrected chi connectivity index (χ1v) is 5.49. The topological polar surface area (TPSA) is 58.3 Å². The standard InChI is InChI=1S/C8H10NO3S/c10-13(11,12)8-4-7-9-5-2-1-3-6-9/h1-2,5-6H,4,7-8H2/p+1. The summed E-state index contributed by atoms with van der Waals surface area (Å²) < 4.78 is 31.0. The number of pyridine rings is 1. The Morgan fingerprint density at radius 2 is 2.23 bits per heavy atom. The van der Waals surface area contributed by atoms with E-state index in [1.165, 1.54) is 0 Å². The number of aromatic nitrogens is 1. The highest BCUT2D eigenvalue weighted by molar-refractivity contribution is 7.85. The fourth-order valence-corrected chi connectivity index (χ4v) is 1.45. The largest absolute Gasteiger partial charge is 0.286 e. The van der Waals surface area contributed by atoms with Gasteiger partial charge in [-0.3, -0.25) is 4.55 Å². The van der Waals surface area contributed by atoms with Crippen LogP contribution in [0.2, 0.25) is 0 Å². The van der Waals surface area contributed by atoms with Crippen LogP contribution in [0.15, 0.2) is 24.5 Å². The van der Waals surface area contributed by atoms with E-state index < -0.39 is 10.1 Å². The molecule has 0 unspecified atom stereocenters. The van der Waals surface area contributed by atoms with Crippen molar-refractivity contribution in [2.75, 3.05) is 5.75 Å². The summed E-state index contributed by atoms with van der Waals surface area (Å²) >= 11 is 0. The Labute approximate surface area is 77.6 Å². The average molecular weight is 201 g/mol. The molecule has 0 aromatic carbocycles. The lowest BCUT2D eigenvalue weighted by molar-refractivity contribution is -0.697. The first-order chi connectivity index (χ1) is 6.08. The molecule has 0 aliphatic heterocycles. The SMILES string of the molecule is O=S(=O)(O)CCC[n+]1c[c]ccc1. The summed E-state index contributed by atoms with van der Waals surface area (Å²) in [5, 5.41) is 0. The lowest BCUT2D eigenvalue weighted by atomic mass is 10.4. The minimum absolute atomic E-state index is 0.200. The lowest BCUT2D eigenvalue weighted by Crippen LogP contribution is -2.33. The third-order valence-corrected chi connectivity index (χ3v) is 2.33. The molecular weight excluding hydrogens is 190 g/mol. The second-order valence-electron chi connectivity index (χ2n) is 2.68. The zero-order valence-electron chi connectivity index (χ0n) is 7.05. The molecule has 0 atom stereocenters. The third kappa shape index (κ3) is 4.59. The molecule has 0 amide bonds. The minimum atomic E-state index is -3.82. The van der Waals surface area contributed by atoms with Gasteiger partial charge in [0.2, 0.25) is 0 Å². The lowest BCUT2D eigenvalue weighted by Gasteiger charge is -1.94. The van der Waals surface area contributed by atoms with Crippen LogP contribution in [0.1, 0.15) is 6.42 Å². The van der Waals surface area contributed by atoms with E-state index in [1.807, 2.05) is 16.8 Å². The Kier molecular flexibility index (Phi) is 3.39. The van der Waals surface area contributed by atoms with Gasteiger partial charge in [0.1, 0.15) is 6.54 Å². The Morgan fingerprint density at radius 1 is 1.46 bits per heavy atom. The van der Waals surface area contributed by atoms with Gasteiger partial charge in [-0.25, -0.2) is 4.57 Å². The molecule has 1 aromatic rings. The van der Waals surface area contributed by atoms with Crippen molar-refractivity contribution in [2.24, 2.45) is 0 Å². The van der Waals surface area contributed by atoms with Gasteiger partial charge in [-0.1, -0.05) is 0 Å². The highest BCUT2D eigenvalue weighted by Crippen LogP contribution is 1.88. The maximum Gasteiger partial charge on any atom is 0.265 e. The molecule has 13 heavy (non-hydrogen) atoms. The van der Waals surface area contributed by atoms with E-state index in [1.54, 1.807) is 12.3 Å². The van der Waals surface area contributed by atoms with E-state index in [-0.39, 0.29) is 5.75 Å². The van der Waals surface area contributed by atoms with Crippen LogP contribution >= 0.6 is 0 Å². The molecular formula is C8H11NO3S+. The van der Waals surface area contributed by atoms with Crippen LogP contribution in [0.25, 0.3) is 0 Å². The smallest absolute Gasteiger partial charge is 0.265 e. The second kappa shape index (κ2) is 4.34. The molecule has 0 fully saturated rings. The number of rotatable bonds is 4. The Hall–Kier alpha value is -0.940. The zero-order chi connectivity index (χ0) is 9.73. The Morgan fingerprint density at radius 3 is 2.77 bits per heavy atom. The molecule has 5 heteroatoms. The molecule has 0 aliphatic rings. The van der Waals surface area contributed by atoms with Gasteiger partial charge in [0, 0.05) is 12.5 Å². The van der Waals surface area contributed by atoms with E-state index in [2.05, 4.69) is 6.07 Å². The fourth-order valence-electron chi connectivity index (χ4n) is 0.960. The molecule has 4 nitrogen and oxygen atoms in total. The van der Waals surface area contributed by atoms with Crippen molar-refractivity contribution in [3.05, 3.63) is 30.6 Å². The molecule has 0 saturated carbocycles. The predicted octanol–water partition coefficient (Wildman–Crippen LogP) is 0.0522. The molecule has 1 heterocycles. The summed E-state index contributed by atoms with van der Waals surface area (Å²) in [6, 6.07) is 6.44. The molecule has 1 aromatic heterocycles. The normalized spacial score (nSPS) is 11.5. The predicted molar refractivity (Wildman–Crippen MR) is 46.5 cm³/mol. The van der Waals surface area contributed by atoms with Crippen molar-refractivity contribution in [1.82, 2.24) is 0 Å². The summed E-state index contributed by atoms with van der Waals surface area (Å²) in [5.41, 5.74) is 0. The molecule has 0 saturated heterocycles. The monoisotopic (exact) mass is 201 g/mol. The van der Waals surface area contributed by atoms with Gasteiger partial charge in [-0.15, -0.1) is 0 Å². The van der Waals surface area contributed by atoms with Crippen LogP contribution in [0, 0.1) is 6.07 Å². The first-order valence-electron chi connectivity index (χ1n) is 3.88. The van der Waals surface area contributed by atoms with Crippen molar-refractivity contribution in [1.29, 1.82) is 0 Å². The first kappa shape index (κ1) is 10.1. The van der Waals surface area contributed by atoms with Crippen molar-refractivity contribution >= 4 is 10.1 Å². The maximum absolute atomic E-state index is 10.4. The van der Waals surface area contributed by atoms with Crippen LogP contribution in [0.4, 0.5) is 0 Å². The van der Waals surface area contributed by atoms with Crippen molar-refractivity contribution in [2.45, 2.75) is 13.0 Å². The van der Waals surface area contributed by atoms with Crippen LogP contribution in [-0.2, 0) is 16.7 Å². The van der Waals surface area contributed by atoms with Crippen LogP contribution in [-0.4, -0.2) is 18.7 Å². The van der Waals surface area contributed by atoms with Crippen LogP contribution in [0.5, 0.6) is 0 Å². The molecule has 1 rings (SSSR count). The number of hydrogen-bond donors (Lipinski definition) is 1. The highest BCUT2D eigenvalue weighted by atomic mass is 32.2. The van der Waals surface area contributed by atoms with E-state index in [0.29, 0.717) is 13.0 Å². The Bertz CT molecular complexity index is 347.